The van der Waals surface area contributed by atoms with Crippen molar-refractivity contribution in [2.45, 2.75) is 19.4 Å². The number of rotatable bonds is 5. The van der Waals surface area contributed by atoms with Crippen molar-refractivity contribution in [3.63, 3.8) is 0 Å². The molecular weight excluding hydrogens is 302 g/mol. The minimum atomic E-state index is 0.0536. The summed E-state index contributed by atoms with van der Waals surface area (Å²) in [4.78, 5) is 10.0. The van der Waals surface area contributed by atoms with Gasteiger partial charge in [-0.2, -0.15) is 0 Å². The third kappa shape index (κ3) is 2.93. The van der Waals surface area contributed by atoms with Crippen LogP contribution in [0.2, 0.25) is 5.02 Å². The molecule has 0 radical (unpaired) electrons. The summed E-state index contributed by atoms with van der Waals surface area (Å²) in [5.74, 6) is 0. The summed E-state index contributed by atoms with van der Waals surface area (Å²) in [5, 5.41) is 6.40. The van der Waals surface area contributed by atoms with E-state index in [-0.39, 0.29) is 6.04 Å². The molecule has 21 heavy (non-hydrogen) atoms. The first-order valence-corrected chi connectivity index (χ1v) is 8.23. The second-order valence-electron chi connectivity index (χ2n) is 4.79. The Morgan fingerprint density at radius 1 is 1.24 bits per heavy atom. The fraction of sp³-hybridized carbons (Fsp3) is 0.250. The molecule has 0 amide bonds. The third-order valence-electron chi connectivity index (χ3n) is 3.35. The molecule has 0 aliphatic heterocycles. The molecule has 2 aromatic heterocycles. The predicted molar refractivity (Wildman–Crippen MR) is 89.0 cm³/mol. The number of benzene rings is 1. The summed E-state index contributed by atoms with van der Waals surface area (Å²) in [6, 6.07) is 8.10. The third-order valence-corrected chi connectivity index (χ3v) is 4.77. The van der Waals surface area contributed by atoms with Crippen molar-refractivity contribution in [3.05, 3.63) is 57.5 Å². The summed E-state index contributed by atoms with van der Waals surface area (Å²) >= 11 is 8.02. The van der Waals surface area contributed by atoms with Gasteiger partial charge in [0.05, 0.1) is 22.1 Å². The molecule has 1 unspecified atom stereocenters. The molecule has 1 aromatic carbocycles. The molecule has 5 heteroatoms. The first-order chi connectivity index (χ1) is 10.3. The predicted octanol–water partition coefficient (Wildman–Crippen LogP) is 4.43. The van der Waals surface area contributed by atoms with E-state index in [1.54, 1.807) is 23.7 Å². The number of aromatic nitrogens is 2. The molecule has 0 aliphatic carbocycles. The Labute approximate surface area is 133 Å². The molecule has 0 saturated carbocycles. The van der Waals surface area contributed by atoms with E-state index in [1.807, 2.05) is 23.6 Å². The summed E-state index contributed by atoms with van der Waals surface area (Å²) in [5.41, 5.74) is 2.96. The quantitative estimate of drug-likeness (QED) is 0.756. The van der Waals surface area contributed by atoms with Crippen molar-refractivity contribution in [3.8, 4) is 0 Å². The molecule has 0 fully saturated rings. The van der Waals surface area contributed by atoms with E-state index < -0.39 is 0 Å². The van der Waals surface area contributed by atoms with Crippen LogP contribution in [0.1, 0.15) is 29.8 Å². The fourth-order valence-electron chi connectivity index (χ4n) is 2.39. The molecule has 0 saturated heterocycles. The van der Waals surface area contributed by atoms with Crippen LogP contribution in [-0.4, -0.2) is 16.5 Å². The maximum absolute atomic E-state index is 6.35. The number of hydrogen-bond acceptors (Lipinski definition) is 4. The summed E-state index contributed by atoms with van der Waals surface area (Å²) < 4.78 is 0. The molecule has 108 valence electrons. The summed E-state index contributed by atoms with van der Waals surface area (Å²) in [7, 11) is 0. The topological polar surface area (TPSA) is 37.8 Å². The maximum atomic E-state index is 6.35. The van der Waals surface area contributed by atoms with Crippen LogP contribution in [0.3, 0.4) is 0 Å². The Morgan fingerprint density at radius 2 is 2.10 bits per heavy atom. The molecule has 0 aliphatic rings. The van der Waals surface area contributed by atoms with Crippen molar-refractivity contribution in [2.24, 2.45) is 0 Å². The van der Waals surface area contributed by atoms with Crippen LogP contribution in [0.15, 0.2) is 42.0 Å². The van der Waals surface area contributed by atoms with E-state index in [2.05, 4.69) is 28.3 Å². The minimum Gasteiger partial charge on any atom is -0.305 e. The van der Waals surface area contributed by atoms with Gasteiger partial charge in [-0.25, -0.2) is 0 Å². The van der Waals surface area contributed by atoms with Gasteiger partial charge in [0.1, 0.15) is 0 Å². The number of fused-ring (bicyclic) bond motifs is 1. The molecule has 3 rings (SSSR count). The molecule has 0 bridgehead atoms. The van der Waals surface area contributed by atoms with Gasteiger partial charge in [-0.15, -0.1) is 11.3 Å². The maximum Gasteiger partial charge on any atom is 0.0938 e. The van der Waals surface area contributed by atoms with Crippen LogP contribution < -0.4 is 5.32 Å². The highest BCUT2D eigenvalue weighted by Crippen LogP contribution is 2.35. The number of nitrogens with zero attached hydrogens (tertiary/aromatic N) is 2. The molecule has 2 heterocycles. The monoisotopic (exact) mass is 317 g/mol. The Morgan fingerprint density at radius 3 is 2.86 bits per heavy atom. The van der Waals surface area contributed by atoms with Crippen LogP contribution in [0.25, 0.3) is 11.0 Å². The van der Waals surface area contributed by atoms with Crippen molar-refractivity contribution < 1.29 is 0 Å². The van der Waals surface area contributed by atoms with Gasteiger partial charge in [0, 0.05) is 22.8 Å². The Kier molecular flexibility index (Phi) is 4.48. The lowest BCUT2D eigenvalue weighted by molar-refractivity contribution is 0.608. The minimum absolute atomic E-state index is 0.0536. The van der Waals surface area contributed by atoms with Gasteiger partial charge >= 0.3 is 0 Å². The average molecular weight is 318 g/mol. The highest BCUT2D eigenvalue weighted by molar-refractivity contribution is 7.10. The normalized spacial score (nSPS) is 12.7. The standard InChI is InChI=1S/C16H16ClN3S/c1-2-7-19-15(16-12(17)6-10-21-16)11-4-3-5-13-14(11)20-9-8-18-13/h3-6,8-10,15,19H,2,7H2,1H3. The second-order valence-corrected chi connectivity index (χ2v) is 6.15. The van der Waals surface area contributed by atoms with Crippen molar-refractivity contribution >= 4 is 34.0 Å². The Balaban J connectivity index is 2.12. The van der Waals surface area contributed by atoms with E-state index in [4.69, 9.17) is 11.6 Å². The zero-order valence-electron chi connectivity index (χ0n) is 11.7. The molecule has 1 atom stereocenters. The lowest BCUT2D eigenvalue weighted by Gasteiger charge is -2.19. The van der Waals surface area contributed by atoms with Gasteiger partial charge in [-0.3, -0.25) is 9.97 Å². The SMILES string of the molecule is CCCNC(c1sccc1Cl)c1cccc2nccnc12. The van der Waals surface area contributed by atoms with Gasteiger partial charge in [-0.05, 0) is 30.5 Å². The second kappa shape index (κ2) is 6.52. The molecule has 3 aromatic rings. The van der Waals surface area contributed by atoms with E-state index in [0.717, 1.165) is 39.5 Å². The van der Waals surface area contributed by atoms with Crippen molar-refractivity contribution in [1.29, 1.82) is 0 Å². The fourth-order valence-corrected chi connectivity index (χ4v) is 3.65. The molecular formula is C16H16ClN3S. The Hall–Kier alpha value is -1.49. The molecule has 1 N–H and O–H groups in total. The average Bonchev–Trinajstić information content (AvgIpc) is 2.94. The number of para-hydroxylation sites is 1. The number of thiophene rings is 1. The van der Waals surface area contributed by atoms with Crippen LogP contribution in [-0.2, 0) is 0 Å². The highest BCUT2D eigenvalue weighted by Gasteiger charge is 2.20. The van der Waals surface area contributed by atoms with Crippen molar-refractivity contribution in [2.75, 3.05) is 6.54 Å². The number of halogens is 1. The first-order valence-electron chi connectivity index (χ1n) is 6.97. The van der Waals surface area contributed by atoms with Crippen molar-refractivity contribution in [1.82, 2.24) is 15.3 Å². The van der Waals surface area contributed by atoms with Crippen LogP contribution in [0, 0.1) is 0 Å². The van der Waals surface area contributed by atoms with Gasteiger partial charge in [0.15, 0.2) is 0 Å². The largest absolute Gasteiger partial charge is 0.305 e. The van der Waals surface area contributed by atoms with Gasteiger partial charge in [-0.1, -0.05) is 30.7 Å². The summed E-state index contributed by atoms with van der Waals surface area (Å²) in [6.45, 7) is 3.08. The van der Waals surface area contributed by atoms with Gasteiger partial charge < -0.3 is 5.32 Å². The molecule has 3 nitrogen and oxygen atoms in total. The zero-order valence-corrected chi connectivity index (χ0v) is 13.3. The van der Waals surface area contributed by atoms with Crippen LogP contribution in [0.4, 0.5) is 0 Å². The molecule has 0 spiro atoms. The number of nitrogens with one attached hydrogen (secondary N) is 1. The highest BCUT2D eigenvalue weighted by atomic mass is 35.5. The smallest absolute Gasteiger partial charge is 0.0938 e. The van der Waals surface area contributed by atoms with E-state index in [1.165, 1.54) is 0 Å². The van der Waals surface area contributed by atoms with E-state index >= 15 is 0 Å². The van der Waals surface area contributed by atoms with Crippen LogP contribution in [0.5, 0.6) is 0 Å². The van der Waals surface area contributed by atoms with E-state index in [9.17, 15) is 0 Å². The summed E-state index contributed by atoms with van der Waals surface area (Å²) in [6.07, 6.45) is 4.52. The van der Waals surface area contributed by atoms with Crippen LogP contribution >= 0.6 is 22.9 Å². The zero-order chi connectivity index (χ0) is 14.7. The van der Waals surface area contributed by atoms with Gasteiger partial charge in [0.2, 0.25) is 0 Å². The van der Waals surface area contributed by atoms with Gasteiger partial charge in [0.25, 0.3) is 0 Å². The lowest BCUT2D eigenvalue weighted by Crippen LogP contribution is -2.23. The first kappa shape index (κ1) is 14.4. The number of hydrogen-bond donors (Lipinski definition) is 1. The Bertz CT molecular complexity index is 736. The lowest BCUT2D eigenvalue weighted by atomic mass is 10.0. The van der Waals surface area contributed by atoms with E-state index in [0.29, 0.717) is 0 Å².